The van der Waals surface area contributed by atoms with Crippen LogP contribution in [0.2, 0.25) is 0 Å². The average Bonchev–Trinajstić information content (AvgIpc) is 2.67. The molecule has 1 aliphatic heterocycles. The maximum Gasteiger partial charge on any atom is 0.102 e. The minimum absolute atomic E-state index is 0.212. The highest BCUT2D eigenvalue weighted by atomic mass is 19.1. The van der Waals surface area contributed by atoms with E-state index in [9.17, 15) is 4.39 Å². The van der Waals surface area contributed by atoms with Crippen LogP contribution in [0.25, 0.3) is 0 Å². The molecule has 14 heavy (non-hydrogen) atoms. The van der Waals surface area contributed by atoms with Crippen LogP contribution >= 0.6 is 0 Å². The zero-order valence-electron chi connectivity index (χ0n) is 9.27. The zero-order chi connectivity index (χ0) is 10.2. The van der Waals surface area contributed by atoms with Crippen LogP contribution in [0.15, 0.2) is 0 Å². The van der Waals surface area contributed by atoms with Crippen LogP contribution in [0.3, 0.4) is 0 Å². The number of alkyl halides is 1. The predicted octanol–water partition coefficient (Wildman–Crippen LogP) is 1.81. The number of hydrogen-bond donors (Lipinski definition) is 1. The third-order valence-corrected chi connectivity index (χ3v) is 2.87. The van der Waals surface area contributed by atoms with Crippen LogP contribution < -0.4 is 5.32 Å². The van der Waals surface area contributed by atoms with E-state index >= 15 is 0 Å². The van der Waals surface area contributed by atoms with Crippen molar-refractivity contribution in [3.05, 3.63) is 0 Å². The monoisotopic (exact) mass is 202 g/mol. The van der Waals surface area contributed by atoms with Crippen molar-refractivity contribution >= 4 is 0 Å². The first-order valence-electron chi connectivity index (χ1n) is 5.88. The van der Waals surface area contributed by atoms with E-state index in [2.05, 4.69) is 17.1 Å². The summed E-state index contributed by atoms with van der Waals surface area (Å²) < 4.78 is 12.3. The van der Waals surface area contributed by atoms with Gasteiger partial charge in [0.2, 0.25) is 0 Å². The smallest absolute Gasteiger partial charge is 0.102 e. The van der Waals surface area contributed by atoms with Crippen LogP contribution in [-0.2, 0) is 0 Å². The zero-order valence-corrected chi connectivity index (χ0v) is 9.27. The predicted molar refractivity (Wildman–Crippen MR) is 58.3 cm³/mol. The molecule has 1 atom stereocenters. The molecule has 1 fully saturated rings. The lowest BCUT2D eigenvalue weighted by molar-refractivity contribution is 0.225. The van der Waals surface area contributed by atoms with Crippen molar-refractivity contribution < 1.29 is 4.39 Å². The summed E-state index contributed by atoms with van der Waals surface area (Å²) in [5, 5.41) is 3.46. The van der Waals surface area contributed by atoms with E-state index in [1.807, 2.05) is 0 Å². The molecule has 0 amide bonds. The first-order valence-corrected chi connectivity index (χ1v) is 5.88. The Kier molecular flexibility index (Phi) is 6.12. The second-order valence-electron chi connectivity index (χ2n) is 4.14. The molecule has 0 aromatic carbocycles. The lowest BCUT2D eigenvalue weighted by Gasteiger charge is -2.24. The van der Waals surface area contributed by atoms with Gasteiger partial charge in [0.25, 0.3) is 0 Å². The van der Waals surface area contributed by atoms with Crippen molar-refractivity contribution in [2.45, 2.75) is 38.6 Å². The Morgan fingerprint density at radius 1 is 1.43 bits per heavy atom. The number of rotatable bonds is 7. The fraction of sp³-hybridized carbons (Fsp3) is 1.00. The number of nitrogens with one attached hydrogen (secondary N) is 1. The first-order chi connectivity index (χ1) is 6.86. The number of halogens is 1. The van der Waals surface area contributed by atoms with Gasteiger partial charge in [-0.2, -0.15) is 0 Å². The van der Waals surface area contributed by atoms with E-state index in [1.54, 1.807) is 0 Å². The molecule has 2 nitrogen and oxygen atoms in total. The summed E-state index contributed by atoms with van der Waals surface area (Å²) in [6.07, 6.45) is 4.92. The van der Waals surface area contributed by atoms with Crippen molar-refractivity contribution in [1.82, 2.24) is 10.2 Å². The molecule has 0 bridgehead atoms. The van der Waals surface area contributed by atoms with Crippen molar-refractivity contribution in [2.24, 2.45) is 0 Å². The molecule has 3 heteroatoms. The van der Waals surface area contributed by atoms with Gasteiger partial charge in [-0.05, 0) is 32.4 Å². The van der Waals surface area contributed by atoms with Gasteiger partial charge in [0.05, 0.1) is 0 Å². The molecule has 1 saturated heterocycles. The van der Waals surface area contributed by atoms with Gasteiger partial charge in [0.15, 0.2) is 0 Å². The fourth-order valence-electron chi connectivity index (χ4n) is 2.02. The molecule has 1 N–H and O–H groups in total. The second kappa shape index (κ2) is 7.18. The van der Waals surface area contributed by atoms with E-state index in [4.69, 9.17) is 0 Å². The summed E-state index contributed by atoms with van der Waals surface area (Å²) >= 11 is 0. The maximum absolute atomic E-state index is 12.3. The van der Waals surface area contributed by atoms with Gasteiger partial charge in [0.1, 0.15) is 6.67 Å². The summed E-state index contributed by atoms with van der Waals surface area (Å²) in [4.78, 5) is 2.26. The molecule has 1 heterocycles. The molecule has 0 saturated carbocycles. The van der Waals surface area contributed by atoms with E-state index in [0.717, 1.165) is 19.6 Å². The average molecular weight is 202 g/mol. The van der Waals surface area contributed by atoms with Crippen LogP contribution in [0.1, 0.15) is 32.6 Å². The van der Waals surface area contributed by atoms with Crippen LogP contribution in [0.4, 0.5) is 4.39 Å². The largest absolute Gasteiger partial charge is 0.313 e. The number of nitrogens with zero attached hydrogens (tertiary/aromatic N) is 1. The molecular formula is C11H23FN2. The van der Waals surface area contributed by atoms with Crippen molar-refractivity contribution in [3.63, 3.8) is 0 Å². The van der Waals surface area contributed by atoms with Gasteiger partial charge in [-0.15, -0.1) is 0 Å². The first kappa shape index (κ1) is 11.9. The van der Waals surface area contributed by atoms with E-state index in [0.29, 0.717) is 12.6 Å². The van der Waals surface area contributed by atoms with Crippen molar-refractivity contribution in [3.8, 4) is 0 Å². The molecule has 1 rings (SSSR count). The minimum Gasteiger partial charge on any atom is -0.313 e. The second-order valence-corrected chi connectivity index (χ2v) is 4.14. The molecule has 0 aromatic heterocycles. The molecule has 0 aliphatic carbocycles. The van der Waals surface area contributed by atoms with Crippen LogP contribution in [0, 0.1) is 0 Å². The lowest BCUT2D eigenvalue weighted by Crippen LogP contribution is -2.39. The van der Waals surface area contributed by atoms with E-state index in [-0.39, 0.29) is 6.67 Å². The molecule has 84 valence electrons. The summed E-state index contributed by atoms with van der Waals surface area (Å²) in [5.41, 5.74) is 0. The maximum atomic E-state index is 12.3. The molecule has 0 radical (unpaired) electrons. The van der Waals surface area contributed by atoms with E-state index in [1.165, 1.54) is 25.7 Å². The summed E-state index contributed by atoms with van der Waals surface area (Å²) in [6, 6.07) is 0.610. The Labute approximate surface area is 86.9 Å². The van der Waals surface area contributed by atoms with Gasteiger partial charge >= 0.3 is 0 Å². The Bertz CT molecular complexity index is 135. The highest BCUT2D eigenvalue weighted by molar-refractivity contribution is 4.77. The normalized spacial score (nSPS) is 22.1. The minimum atomic E-state index is -0.212. The topological polar surface area (TPSA) is 15.3 Å². The van der Waals surface area contributed by atoms with Crippen molar-refractivity contribution in [1.29, 1.82) is 0 Å². The highest BCUT2D eigenvalue weighted by Gasteiger charge is 2.17. The summed E-state index contributed by atoms with van der Waals surface area (Å²) in [5.74, 6) is 0. The van der Waals surface area contributed by atoms with Gasteiger partial charge < -0.3 is 5.32 Å². The van der Waals surface area contributed by atoms with Crippen LogP contribution in [-0.4, -0.2) is 43.8 Å². The Morgan fingerprint density at radius 2 is 2.29 bits per heavy atom. The lowest BCUT2D eigenvalue weighted by atomic mass is 10.2. The molecule has 1 unspecified atom stereocenters. The third kappa shape index (κ3) is 4.38. The Morgan fingerprint density at radius 3 is 2.86 bits per heavy atom. The SMILES string of the molecule is CCCCN(CCF)CC1CCCN1. The molecule has 1 aliphatic rings. The number of unbranched alkanes of at least 4 members (excludes halogenated alkanes) is 1. The molecular weight excluding hydrogens is 179 g/mol. The summed E-state index contributed by atoms with van der Waals surface area (Å²) in [6.45, 7) is 5.81. The third-order valence-electron chi connectivity index (χ3n) is 2.87. The highest BCUT2D eigenvalue weighted by Crippen LogP contribution is 2.07. The fourth-order valence-corrected chi connectivity index (χ4v) is 2.02. The van der Waals surface area contributed by atoms with Gasteiger partial charge in [-0.25, -0.2) is 4.39 Å². The number of hydrogen-bond acceptors (Lipinski definition) is 2. The van der Waals surface area contributed by atoms with Gasteiger partial charge in [-0.1, -0.05) is 13.3 Å². The standard InChI is InChI=1S/C11H23FN2/c1-2-3-8-14(9-6-12)10-11-5-4-7-13-11/h11,13H,2-10H2,1H3. The Hall–Kier alpha value is -0.150. The summed E-state index contributed by atoms with van der Waals surface area (Å²) in [7, 11) is 0. The Balaban J connectivity index is 2.18. The van der Waals surface area contributed by atoms with Crippen molar-refractivity contribution in [2.75, 3.05) is 32.9 Å². The van der Waals surface area contributed by atoms with Gasteiger partial charge in [-0.3, -0.25) is 4.90 Å². The molecule has 0 aromatic rings. The quantitative estimate of drug-likeness (QED) is 0.677. The van der Waals surface area contributed by atoms with Crippen LogP contribution in [0.5, 0.6) is 0 Å². The molecule has 0 spiro atoms. The van der Waals surface area contributed by atoms with Gasteiger partial charge in [0, 0.05) is 19.1 Å². The van der Waals surface area contributed by atoms with E-state index < -0.39 is 0 Å².